The molecular formula is C12H15N3O2S. The van der Waals surface area contributed by atoms with Gasteiger partial charge in [0.15, 0.2) is 0 Å². The molecular weight excluding hydrogens is 250 g/mol. The molecule has 0 aliphatic carbocycles. The maximum atomic E-state index is 11.3. The number of aliphatic imine (C=N–C) groups is 1. The summed E-state index contributed by atoms with van der Waals surface area (Å²) in [6.45, 7) is 3.11. The van der Waals surface area contributed by atoms with Crippen molar-refractivity contribution in [2.75, 3.05) is 18.9 Å². The Morgan fingerprint density at radius 3 is 3.33 bits per heavy atom. The maximum Gasteiger partial charge on any atom is 0.316 e. The first-order valence-corrected chi connectivity index (χ1v) is 6.97. The summed E-state index contributed by atoms with van der Waals surface area (Å²) in [5.41, 5.74) is 0.544. The van der Waals surface area contributed by atoms with Crippen molar-refractivity contribution in [3.05, 3.63) is 11.8 Å². The molecule has 1 saturated heterocycles. The Morgan fingerprint density at radius 2 is 2.61 bits per heavy atom. The molecule has 1 fully saturated rings. The van der Waals surface area contributed by atoms with Gasteiger partial charge >= 0.3 is 5.97 Å². The van der Waals surface area contributed by atoms with Crippen LogP contribution in [0.4, 0.5) is 0 Å². The average molecular weight is 265 g/mol. The van der Waals surface area contributed by atoms with E-state index in [1.54, 1.807) is 6.92 Å². The number of carbonyl (C=O) groups excluding carboxylic acids is 1. The summed E-state index contributed by atoms with van der Waals surface area (Å²) < 4.78 is 4.86. The third-order valence-electron chi connectivity index (χ3n) is 2.81. The van der Waals surface area contributed by atoms with E-state index in [0.717, 1.165) is 19.4 Å². The van der Waals surface area contributed by atoms with Gasteiger partial charge in [0, 0.05) is 12.7 Å². The number of ether oxygens (including phenoxy) is 1. The molecule has 1 atom stereocenters. The fourth-order valence-corrected chi connectivity index (χ4v) is 2.80. The Labute approximate surface area is 110 Å². The number of thioether (sulfide) groups is 1. The van der Waals surface area contributed by atoms with Gasteiger partial charge in [-0.1, -0.05) is 11.8 Å². The van der Waals surface area contributed by atoms with Crippen molar-refractivity contribution in [3.63, 3.8) is 0 Å². The van der Waals surface area contributed by atoms with Gasteiger partial charge in [0.2, 0.25) is 0 Å². The number of hydrogen-bond acceptors (Lipinski definition) is 6. The molecule has 0 aromatic rings. The first kappa shape index (κ1) is 13.0. The minimum absolute atomic E-state index is 0.145. The predicted molar refractivity (Wildman–Crippen MR) is 70.0 cm³/mol. The molecule has 2 rings (SSSR count). The Morgan fingerprint density at radius 1 is 1.78 bits per heavy atom. The summed E-state index contributed by atoms with van der Waals surface area (Å²) in [6.07, 6.45) is 4.11. The third kappa shape index (κ3) is 2.85. The van der Waals surface area contributed by atoms with Crippen LogP contribution in [-0.4, -0.2) is 41.0 Å². The number of fused-ring (bicyclic) bond motifs is 1. The minimum Gasteiger partial charge on any atom is -0.465 e. The highest BCUT2D eigenvalue weighted by Crippen LogP contribution is 2.27. The molecule has 2 aliphatic heterocycles. The molecule has 5 nitrogen and oxygen atoms in total. The van der Waals surface area contributed by atoms with E-state index in [0.29, 0.717) is 17.2 Å². The molecule has 2 heterocycles. The van der Waals surface area contributed by atoms with Gasteiger partial charge in [-0.2, -0.15) is 5.26 Å². The lowest BCUT2D eigenvalue weighted by Crippen LogP contribution is -2.28. The fourth-order valence-electron chi connectivity index (χ4n) is 2.01. The van der Waals surface area contributed by atoms with E-state index in [4.69, 9.17) is 10.00 Å². The van der Waals surface area contributed by atoms with Crippen LogP contribution in [0.1, 0.15) is 19.8 Å². The lowest BCUT2D eigenvalue weighted by atomic mass is 10.3. The summed E-state index contributed by atoms with van der Waals surface area (Å²) in [6, 6.07) is 2.14. The van der Waals surface area contributed by atoms with Crippen LogP contribution < -0.4 is 0 Å². The fraction of sp³-hybridized carbons (Fsp3) is 0.583. The molecule has 0 aromatic heterocycles. The second-order valence-corrected chi connectivity index (χ2v) is 5.01. The van der Waals surface area contributed by atoms with Crippen LogP contribution in [0, 0.1) is 11.3 Å². The first-order valence-electron chi connectivity index (χ1n) is 5.99. The zero-order valence-corrected chi connectivity index (χ0v) is 11.1. The van der Waals surface area contributed by atoms with Gasteiger partial charge in [-0.15, -0.1) is 0 Å². The van der Waals surface area contributed by atoms with Crippen molar-refractivity contribution in [3.8, 4) is 6.07 Å². The highest BCUT2D eigenvalue weighted by atomic mass is 32.2. The maximum absolute atomic E-state index is 11.3. The number of hydrogen-bond donors (Lipinski definition) is 0. The van der Waals surface area contributed by atoms with Gasteiger partial charge in [0.05, 0.1) is 17.9 Å². The molecule has 2 aliphatic rings. The van der Waals surface area contributed by atoms with E-state index >= 15 is 0 Å². The van der Waals surface area contributed by atoms with Gasteiger partial charge in [-0.3, -0.25) is 9.79 Å². The van der Waals surface area contributed by atoms with Gasteiger partial charge < -0.3 is 9.64 Å². The monoisotopic (exact) mass is 265 g/mol. The zero-order valence-electron chi connectivity index (χ0n) is 10.3. The van der Waals surface area contributed by atoms with Crippen LogP contribution in [0.25, 0.3) is 0 Å². The van der Waals surface area contributed by atoms with Crippen molar-refractivity contribution in [1.82, 2.24) is 4.90 Å². The molecule has 0 bridgehead atoms. The minimum atomic E-state index is -0.267. The van der Waals surface area contributed by atoms with E-state index in [2.05, 4.69) is 16.0 Å². The number of esters is 1. The lowest BCUT2D eigenvalue weighted by molar-refractivity contribution is -0.139. The van der Waals surface area contributed by atoms with Crippen LogP contribution in [0.2, 0.25) is 0 Å². The molecule has 0 spiro atoms. The molecule has 0 radical (unpaired) electrons. The van der Waals surface area contributed by atoms with Gasteiger partial charge in [-0.25, -0.2) is 0 Å². The van der Waals surface area contributed by atoms with Gasteiger partial charge in [0.25, 0.3) is 0 Å². The Balaban J connectivity index is 2.00. The molecule has 0 saturated carbocycles. The van der Waals surface area contributed by atoms with Crippen molar-refractivity contribution in [1.29, 1.82) is 5.26 Å². The van der Waals surface area contributed by atoms with Gasteiger partial charge in [-0.05, 0) is 19.8 Å². The van der Waals surface area contributed by atoms with Crippen molar-refractivity contribution < 1.29 is 9.53 Å². The Kier molecular flexibility index (Phi) is 4.26. The lowest BCUT2D eigenvalue weighted by Gasteiger charge is -2.25. The highest BCUT2D eigenvalue weighted by Gasteiger charge is 2.27. The SMILES string of the molecule is CCOC(=O)CSC1=NC2CCCN2C=C1C#N. The number of rotatable bonds is 3. The van der Waals surface area contributed by atoms with Crippen molar-refractivity contribution in [2.24, 2.45) is 4.99 Å². The zero-order chi connectivity index (χ0) is 13.0. The van der Waals surface area contributed by atoms with E-state index in [1.807, 2.05) is 6.20 Å². The molecule has 18 heavy (non-hydrogen) atoms. The predicted octanol–water partition coefficient (Wildman–Crippen LogP) is 1.52. The third-order valence-corrected chi connectivity index (χ3v) is 3.78. The number of nitriles is 1. The normalized spacial score (nSPS) is 21.8. The molecule has 0 aromatic carbocycles. The van der Waals surface area contributed by atoms with Gasteiger partial charge in [0.1, 0.15) is 17.3 Å². The standard InChI is InChI=1S/C12H15N3O2S/c1-2-17-11(16)8-18-12-9(6-13)7-15-5-3-4-10(15)14-12/h7,10H,2-5,8H2,1H3. The smallest absolute Gasteiger partial charge is 0.316 e. The summed E-state index contributed by atoms with van der Waals surface area (Å²) in [5, 5.41) is 9.76. The summed E-state index contributed by atoms with van der Waals surface area (Å²) >= 11 is 1.29. The molecule has 6 heteroatoms. The Bertz CT molecular complexity index is 439. The quantitative estimate of drug-likeness (QED) is 0.724. The van der Waals surface area contributed by atoms with Crippen molar-refractivity contribution >= 4 is 22.8 Å². The second-order valence-electron chi connectivity index (χ2n) is 4.04. The van der Waals surface area contributed by atoms with Crippen LogP contribution in [0.3, 0.4) is 0 Å². The molecule has 0 N–H and O–H groups in total. The summed E-state index contributed by atoms with van der Waals surface area (Å²) in [7, 11) is 0. The van der Waals surface area contributed by atoms with E-state index in [1.165, 1.54) is 11.8 Å². The van der Waals surface area contributed by atoms with Crippen LogP contribution in [0.15, 0.2) is 16.8 Å². The first-order chi connectivity index (χ1) is 8.74. The highest BCUT2D eigenvalue weighted by molar-refractivity contribution is 8.15. The molecule has 96 valence electrons. The molecule has 0 amide bonds. The number of nitrogens with zero attached hydrogens (tertiary/aromatic N) is 3. The summed E-state index contributed by atoms with van der Waals surface area (Å²) in [4.78, 5) is 17.9. The molecule has 1 unspecified atom stereocenters. The Hall–Kier alpha value is -1.48. The van der Waals surface area contributed by atoms with Crippen LogP contribution in [-0.2, 0) is 9.53 Å². The van der Waals surface area contributed by atoms with E-state index in [-0.39, 0.29) is 17.9 Å². The second kappa shape index (κ2) is 5.91. The van der Waals surface area contributed by atoms with E-state index in [9.17, 15) is 4.79 Å². The topological polar surface area (TPSA) is 65.7 Å². The van der Waals surface area contributed by atoms with Crippen molar-refractivity contribution in [2.45, 2.75) is 25.9 Å². The summed E-state index contributed by atoms with van der Waals surface area (Å²) in [5.74, 6) is -0.0605. The van der Waals surface area contributed by atoms with Crippen LogP contribution in [0.5, 0.6) is 0 Å². The number of carbonyl (C=O) groups is 1. The van der Waals surface area contributed by atoms with E-state index < -0.39 is 0 Å². The average Bonchev–Trinajstić information content (AvgIpc) is 2.82. The van der Waals surface area contributed by atoms with Crippen LogP contribution >= 0.6 is 11.8 Å². The largest absolute Gasteiger partial charge is 0.465 e.